The summed E-state index contributed by atoms with van der Waals surface area (Å²) < 4.78 is 4.93. The summed E-state index contributed by atoms with van der Waals surface area (Å²) in [6.45, 7) is 0.519. The first-order valence-corrected chi connectivity index (χ1v) is 3.31. The summed E-state index contributed by atoms with van der Waals surface area (Å²) in [5.41, 5.74) is 4.93. The molecule has 0 aromatic rings. The molecule has 1 amide bonds. The van der Waals surface area contributed by atoms with Crippen LogP contribution in [-0.2, 0) is 9.53 Å². The summed E-state index contributed by atoms with van der Waals surface area (Å²) in [6, 6.07) is 0. The van der Waals surface area contributed by atoms with Gasteiger partial charge in [0.1, 0.15) is 0 Å². The van der Waals surface area contributed by atoms with Crippen molar-refractivity contribution in [2.75, 3.05) is 6.61 Å². The Bertz CT molecular complexity index is 137. The predicted octanol–water partition coefficient (Wildman–Crippen LogP) is -0.988. The lowest BCUT2D eigenvalue weighted by Gasteiger charge is -2.24. The van der Waals surface area contributed by atoms with E-state index in [9.17, 15) is 4.79 Å². The molecule has 1 saturated heterocycles. The van der Waals surface area contributed by atoms with Gasteiger partial charge in [-0.25, -0.2) is 0 Å². The van der Waals surface area contributed by atoms with E-state index in [0.717, 1.165) is 6.42 Å². The normalized spacial score (nSPS) is 33.7. The van der Waals surface area contributed by atoms with Gasteiger partial charge in [0.25, 0.3) is 0 Å². The van der Waals surface area contributed by atoms with Crippen LogP contribution in [0.15, 0.2) is 0 Å². The van der Waals surface area contributed by atoms with Crippen LogP contribution in [0.25, 0.3) is 0 Å². The van der Waals surface area contributed by atoms with E-state index in [0.29, 0.717) is 13.0 Å². The number of hydrogen-bond donors (Lipinski definition) is 2. The molecule has 0 bridgehead atoms. The highest BCUT2D eigenvalue weighted by Gasteiger charge is 2.28. The van der Waals surface area contributed by atoms with Gasteiger partial charge in [0.05, 0.1) is 6.10 Å². The van der Waals surface area contributed by atoms with Crippen LogP contribution in [0.5, 0.6) is 0 Å². The van der Waals surface area contributed by atoms with Crippen molar-refractivity contribution in [2.45, 2.75) is 25.0 Å². The van der Waals surface area contributed by atoms with Crippen molar-refractivity contribution >= 4 is 5.91 Å². The minimum absolute atomic E-state index is 0.519. The molecule has 0 aromatic carbocycles. The summed E-state index contributed by atoms with van der Waals surface area (Å²) in [5, 5.41) is 9.11. The van der Waals surface area contributed by atoms with E-state index in [2.05, 4.69) is 0 Å². The van der Waals surface area contributed by atoms with E-state index in [1.54, 1.807) is 0 Å². The fourth-order valence-corrected chi connectivity index (χ4v) is 1.04. The molecule has 1 aliphatic rings. The first kappa shape index (κ1) is 7.50. The summed E-state index contributed by atoms with van der Waals surface area (Å²) in [5.74, 6) is -0.577. The van der Waals surface area contributed by atoms with Crippen LogP contribution in [0.4, 0.5) is 0 Å². The number of carbonyl (C=O) groups is 1. The van der Waals surface area contributed by atoms with Crippen molar-refractivity contribution < 1.29 is 14.6 Å². The number of aliphatic hydroxyl groups is 1. The third kappa shape index (κ3) is 1.46. The lowest BCUT2D eigenvalue weighted by Crippen LogP contribution is -2.43. The topological polar surface area (TPSA) is 72.6 Å². The number of nitrogens with two attached hydrogens (primary N) is 1. The second kappa shape index (κ2) is 2.98. The van der Waals surface area contributed by atoms with Crippen LogP contribution in [0.3, 0.4) is 0 Å². The Labute approximate surface area is 59.0 Å². The SMILES string of the molecule is NC(=O)C1OCCCC1O. The number of hydrogen-bond acceptors (Lipinski definition) is 3. The van der Waals surface area contributed by atoms with Gasteiger partial charge in [0.2, 0.25) is 5.91 Å². The Morgan fingerprint density at radius 2 is 2.40 bits per heavy atom. The van der Waals surface area contributed by atoms with Crippen LogP contribution >= 0.6 is 0 Å². The van der Waals surface area contributed by atoms with Gasteiger partial charge in [0, 0.05) is 6.61 Å². The van der Waals surface area contributed by atoms with Crippen molar-refractivity contribution in [3.05, 3.63) is 0 Å². The number of ether oxygens (including phenoxy) is 1. The highest BCUT2D eigenvalue weighted by Crippen LogP contribution is 2.12. The standard InChI is InChI=1S/C6H11NO3/c7-6(9)5-4(8)2-1-3-10-5/h4-5,8H,1-3H2,(H2,7,9). The number of primary amides is 1. The molecular weight excluding hydrogens is 134 g/mol. The zero-order chi connectivity index (χ0) is 7.56. The second-order valence-corrected chi connectivity index (χ2v) is 2.40. The summed E-state index contributed by atoms with van der Waals surface area (Å²) in [6.07, 6.45) is -0.0848. The molecule has 1 rings (SSSR count). The van der Waals surface area contributed by atoms with Gasteiger partial charge >= 0.3 is 0 Å². The molecule has 0 radical (unpaired) electrons. The maximum atomic E-state index is 10.5. The van der Waals surface area contributed by atoms with Crippen molar-refractivity contribution in [1.29, 1.82) is 0 Å². The number of rotatable bonds is 1. The minimum Gasteiger partial charge on any atom is -0.390 e. The molecule has 2 unspecified atom stereocenters. The molecular formula is C6H11NO3. The van der Waals surface area contributed by atoms with Crippen molar-refractivity contribution in [2.24, 2.45) is 5.73 Å². The van der Waals surface area contributed by atoms with Gasteiger partial charge in [-0.3, -0.25) is 4.79 Å². The maximum Gasteiger partial charge on any atom is 0.249 e. The molecule has 10 heavy (non-hydrogen) atoms. The molecule has 0 spiro atoms. The highest BCUT2D eigenvalue weighted by molar-refractivity contribution is 5.79. The molecule has 0 aliphatic carbocycles. The molecule has 3 N–H and O–H groups in total. The Morgan fingerprint density at radius 1 is 1.70 bits per heavy atom. The van der Waals surface area contributed by atoms with Gasteiger partial charge in [-0.2, -0.15) is 0 Å². The van der Waals surface area contributed by atoms with Gasteiger partial charge in [-0.15, -0.1) is 0 Å². The van der Waals surface area contributed by atoms with E-state index >= 15 is 0 Å². The quantitative estimate of drug-likeness (QED) is 0.497. The van der Waals surface area contributed by atoms with Crippen molar-refractivity contribution in [1.82, 2.24) is 0 Å². The molecule has 58 valence electrons. The summed E-state index contributed by atoms with van der Waals surface area (Å²) in [7, 11) is 0. The molecule has 1 fully saturated rings. The Hall–Kier alpha value is -0.610. The molecule has 2 atom stereocenters. The third-order valence-corrected chi connectivity index (χ3v) is 1.57. The van der Waals surface area contributed by atoms with Crippen molar-refractivity contribution in [3.63, 3.8) is 0 Å². The lowest BCUT2D eigenvalue weighted by atomic mass is 10.1. The third-order valence-electron chi connectivity index (χ3n) is 1.57. The molecule has 1 heterocycles. The minimum atomic E-state index is -0.784. The number of aliphatic hydroxyl groups excluding tert-OH is 1. The Kier molecular flexibility index (Phi) is 2.24. The molecule has 4 nitrogen and oxygen atoms in total. The largest absolute Gasteiger partial charge is 0.390 e. The fourth-order valence-electron chi connectivity index (χ4n) is 1.04. The molecule has 0 aromatic heterocycles. The summed E-state index contributed by atoms with van der Waals surface area (Å²) >= 11 is 0. The van der Waals surface area contributed by atoms with Gasteiger partial charge < -0.3 is 15.6 Å². The zero-order valence-corrected chi connectivity index (χ0v) is 5.62. The highest BCUT2D eigenvalue weighted by atomic mass is 16.5. The molecule has 4 heteroatoms. The lowest BCUT2D eigenvalue weighted by molar-refractivity contribution is -0.143. The van der Waals surface area contributed by atoms with Crippen molar-refractivity contribution in [3.8, 4) is 0 Å². The van der Waals surface area contributed by atoms with Crippen LogP contribution in [0.2, 0.25) is 0 Å². The summed E-state index contributed by atoms with van der Waals surface area (Å²) in [4.78, 5) is 10.5. The van der Waals surface area contributed by atoms with Crippen LogP contribution < -0.4 is 5.73 Å². The monoisotopic (exact) mass is 145 g/mol. The number of amides is 1. The van der Waals surface area contributed by atoms with Gasteiger partial charge in [-0.05, 0) is 12.8 Å². The van der Waals surface area contributed by atoms with Gasteiger partial charge in [0.15, 0.2) is 6.10 Å². The average Bonchev–Trinajstić information content (AvgIpc) is 1.88. The Morgan fingerprint density at radius 3 is 2.80 bits per heavy atom. The molecule has 0 saturated carbocycles. The van der Waals surface area contributed by atoms with Crippen LogP contribution in [-0.4, -0.2) is 29.8 Å². The first-order chi connectivity index (χ1) is 4.72. The van der Waals surface area contributed by atoms with E-state index in [1.807, 2.05) is 0 Å². The van der Waals surface area contributed by atoms with Crippen LogP contribution in [0, 0.1) is 0 Å². The molecule has 1 aliphatic heterocycles. The fraction of sp³-hybridized carbons (Fsp3) is 0.833. The predicted molar refractivity (Wildman–Crippen MR) is 34.2 cm³/mol. The second-order valence-electron chi connectivity index (χ2n) is 2.40. The number of carbonyl (C=O) groups excluding carboxylic acids is 1. The average molecular weight is 145 g/mol. The van der Waals surface area contributed by atoms with E-state index in [4.69, 9.17) is 15.6 Å². The van der Waals surface area contributed by atoms with E-state index in [-0.39, 0.29) is 0 Å². The van der Waals surface area contributed by atoms with Gasteiger partial charge in [-0.1, -0.05) is 0 Å². The van der Waals surface area contributed by atoms with E-state index in [1.165, 1.54) is 0 Å². The van der Waals surface area contributed by atoms with Crippen LogP contribution in [0.1, 0.15) is 12.8 Å². The maximum absolute atomic E-state index is 10.5. The zero-order valence-electron chi connectivity index (χ0n) is 5.62. The Balaban J connectivity index is 2.47. The first-order valence-electron chi connectivity index (χ1n) is 3.31. The smallest absolute Gasteiger partial charge is 0.249 e. The van der Waals surface area contributed by atoms with E-state index < -0.39 is 18.1 Å².